The lowest BCUT2D eigenvalue weighted by molar-refractivity contribution is -0.159. The van der Waals surface area contributed by atoms with Crippen LogP contribution in [0.1, 0.15) is 94.6 Å². The number of likely N-dealkylation sites (tertiary alicyclic amines) is 1. The van der Waals surface area contributed by atoms with Crippen LogP contribution in [0.15, 0.2) is 48.6 Å². The van der Waals surface area contributed by atoms with E-state index in [1.54, 1.807) is 20.8 Å². The summed E-state index contributed by atoms with van der Waals surface area (Å²) in [7, 11) is -2.83. The zero-order valence-corrected chi connectivity index (χ0v) is 35.4. The Hall–Kier alpha value is -5.00. The summed E-state index contributed by atoms with van der Waals surface area (Å²) in [6.45, 7) is 5.34. The van der Waals surface area contributed by atoms with Gasteiger partial charge in [0.1, 0.15) is 28.6 Å². The lowest BCUT2D eigenvalue weighted by Crippen LogP contribution is -2.58. The maximum atomic E-state index is 14.7. The first-order valence-electron chi connectivity index (χ1n) is 20.8. The van der Waals surface area contributed by atoms with E-state index in [4.69, 9.17) is 9.47 Å². The number of nitrogens with one attached hydrogen (secondary N) is 2. The number of amides is 4. The summed E-state index contributed by atoms with van der Waals surface area (Å²) in [6.07, 6.45) is 2.96. The first-order valence-corrected chi connectivity index (χ1v) is 22.3. The molecule has 4 fully saturated rings. The third-order valence-corrected chi connectivity index (χ3v) is 14.0. The van der Waals surface area contributed by atoms with E-state index in [-0.39, 0.29) is 55.2 Å². The molecule has 4 heterocycles. The molecule has 0 spiro atoms. The van der Waals surface area contributed by atoms with Crippen molar-refractivity contribution in [3.63, 3.8) is 0 Å². The molecular formula is C43H52F3N5O9S. The van der Waals surface area contributed by atoms with Gasteiger partial charge in [0.25, 0.3) is 11.8 Å². The summed E-state index contributed by atoms with van der Waals surface area (Å²) in [5.74, 6) is -5.80. The first-order chi connectivity index (χ1) is 28.7. The quantitative estimate of drug-likeness (QED) is 0.270. The Kier molecular flexibility index (Phi) is 12.1. The van der Waals surface area contributed by atoms with Gasteiger partial charge in [-0.2, -0.15) is 13.2 Å². The number of halogens is 3. The summed E-state index contributed by atoms with van der Waals surface area (Å²) < 4.78 is 80.1. The standard InChI is InChI=1S/C43H52F3N5O9S/c1-41(2,3)60-35(52)20-26-11-8-6-5-7-9-12-28-21-42(28,40(56)49-61(57,58)29-16-17-29)48-37(53)36-30-24-50(22-27(30)23-51(36)38(26)54)39(55)33-14-10-13-32(47-33)25-15-18-34(59-4)31(19-25)43(44,45)46/h9-10,12-15,18-19,26-30,36H,5-8,11,16-17,20-24H2,1-4H3,(H,48,53)(H,49,56)/b12-9-/t26-,27+,28-,30+,36+,42-/m1/s1. The maximum Gasteiger partial charge on any atom is 0.419 e. The number of allylic oxidation sites excluding steroid dienone is 1. The molecule has 7 rings (SSSR count). The van der Waals surface area contributed by atoms with Crippen molar-refractivity contribution in [1.82, 2.24) is 24.8 Å². The molecule has 2 aliphatic carbocycles. The number of methoxy groups -OCH3 is 1. The van der Waals surface area contributed by atoms with Crippen LogP contribution >= 0.6 is 0 Å². The highest BCUT2D eigenvalue weighted by atomic mass is 32.2. The molecule has 1 aromatic heterocycles. The van der Waals surface area contributed by atoms with E-state index >= 15 is 0 Å². The molecule has 0 bridgehead atoms. The first kappa shape index (κ1) is 44.1. The molecule has 330 valence electrons. The average Bonchev–Trinajstić information content (AvgIpc) is 4.09. The highest BCUT2D eigenvalue weighted by molar-refractivity contribution is 7.91. The number of nitrogens with zero attached hydrogens (tertiary/aromatic N) is 3. The highest BCUT2D eigenvalue weighted by Crippen LogP contribution is 2.47. The number of fused-ring (bicyclic) bond motifs is 4. The van der Waals surface area contributed by atoms with Gasteiger partial charge in [0, 0.05) is 48.9 Å². The molecule has 0 unspecified atom stereocenters. The van der Waals surface area contributed by atoms with Crippen molar-refractivity contribution in [2.24, 2.45) is 23.7 Å². The average molecular weight is 872 g/mol. The van der Waals surface area contributed by atoms with Crippen molar-refractivity contribution in [3.8, 4) is 17.0 Å². The van der Waals surface area contributed by atoms with Crippen LogP contribution in [0.25, 0.3) is 11.3 Å². The van der Waals surface area contributed by atoms with E-state index in [1.807, 2.05) is 12.2 Å². The Bertz CT molecular complexity index is 2220. The predicted molar refractivity (Wildman–Crippen MR) is 215 cm³/mol. The molecule has 61 heavy (non-hydrogen) atoms. The van der Waals surface area contributed by atoms with Gasteiger partial charge in [0.15, 0.2) is 0 Å². The van der Waals surface area contributed by atoms with Gasteiger partial charge in [0.05, 0.1) is 30.0 Å². The molecule has 2 saturated heterocycles. The summed E-state index contributed by atoms with van der Waals surface area (Å²) in [6, 6.07) is 6.74. The molecule has 0 radical (unpaired) electrons. The van der Waals surface area contributed by atoms with Crippen molar-refractivity contribution in [2.45, 2.75) is 107 Å². The van der Waals surface area contributed by atoms with E-state index in [0.29, 0.717) is 32.1 Å². The monoisotopic (exact) mass is 871 g/mol. The Labute approximate surface area is 353 Å². The molecule has 6 atom stereocenters. The van der Waals surface area contributed by atoms with Crippen LogP contribution in [-0.4, -0.2) is 102 Å². The fraction of sp³-hybridized carbons (Fsp3) is 0.581. The molecule has 5 aliphatic rings. The number of esters is 1. The Morgan fingerprint density at radius 1 is 1.00 bits per heavy atom. The topological polar surface area (TPSA) is 181 Å². The number of sulfonamides is 1. The van der Waals surface area contributed by atoms with Gasteiger partial charge in [-0.3, -0.25) is 28.7 Å². The number of carbonyl (C=O) groups excluding carboxylic acids is 5. The third kappa shape index (κ3) is 9.58. The summed E-state index contributed by atoms with van der Waals surface area (Å²) >= 11 is 0. The third-order valence-electron chi connectivity index (χ3n) is 12.2. The van der Waals surface area contributed by atoms with Crippen LogP contribution in [-0.2, 0) is 40.1 Å². The second-order valence-corrected chi connectivity index (χ2v) is 19.9. The van der Waals surface area contributed by atoms with Crippen LogP contribution in [0.3, 0.4) is 0 Å². The van der Waals surface area contributed by atoms with Gasteiger partial charge < -0.3 is 24.6 Å². The number of benzene rings is 1. The zero-order chi connectivity index (χ0) is 44.1. The van der Waals surface area contributed by atoms with Gasteiger partial charge >= 0.3 is 12.1 Å². The second-order valence-electron chi connectivity index (χ2n) is 17.9. The minimum absolute atomic E-state index is 0.00660. The summed E-state index contributed by atoms with van der Waals surface area (Å²) in [5.41, 5.74) is -3.21. The number of hydrogen-bond acceptors (Lipinski definition) is 10. The van der Waals surface area contributed by atoms with Crippen molar-refractivity contribution in [1.29, 1.82) is 0 Å². The van der Waals surface area contributed by atoms with Crippen molar-refractivity contribution in [3.05, 3.63) is 59.8 Å². The Morgan fingerprint density at radius 3 is 2.44 bits per heavy atom. The number of alkyl halides is 3. The van der Waals surface area contributed by atoms with Gasteiger partial charge in [-0.15, -0.1) is 0 Å². The maximum absolute atomic E-state index is 14.7. The molecular weight excluding hydrogens is 820 g/mol. The number of aromatic nitrogens is 1. The fourth-order valence-electron chi connectivity index (χ4n) is 8.92. The number of pyridine rings is 1. The SMILES string of the molecule is COc1ccc(-c2cccc(C(=O)N3C[C@H]4CN5C(=O)[C@@H](CC(=O)OC(C)(C)C)CCCCC/C=C\[C@@H]6C[C@@]6(C(=O)NS(=O)(=O)C6CC6)NC(=O)[C@@H]5[C@H]4C3)n2)cc1C(F)(F)F. The molecule has 14 nitrogen and oxygen atoms in total. The highest BCUT2D eigenvalue weighted by Gasteiger charge is 2.63. The molecule has 18 heteroatoms. The minimum Gasteiger partial charge on any atom is -0.496 e. The number of ether oxygens (including phenoxy) is 2. The molecule has 2 N–H and O–H groups in total. The van der Waals surface area contributed by atoms with Crippen molar-refractivity contribution < 1.29 is 55.0 Å². The van der Waals surface area contributed by atoms with E-state index in [1.165, 1.54) is 40.1 Å². The van der Waals surface area contributed by atoms with Crippen LogP contribution in [0.4, 0.5) is 13.2 Å². The normalized spacial score (nSPS) is 27.7. The number of hydrogen-bond donors (Lipinski definition) is 2. The molecule has 4 amide bonds. The summed E-state index contributed by atoms with van der Waals surface area (Å²) in [5, 5.41) is 2.19. The van der Waals surface area contributed by atoms with Gasteiger partial charge in [-0.1, -0.05) is 31.1 Å². The van der Waals surface area contributed by atoms with Crippen LogP contribution in [0.2, 0.25) is 0 Å². The number of rotatable bonds is 8. The predicted octanol–water partition coefficient (Wildman–Crippen LogP) is 5.03. The Morgan fingerprint density at radius 2 is 1.75 bits per heavy atom. The van der Waals surface area contributed by atoms with Crippen LogP contribution in [0.5, 0.6) is 5.75 Å². The van der Waals surface area contributed by atoms with Crippen LogP contribution in [0, 0.1) is 23.7 Å². The van der Waals surface area contributed by atoms with E-state index < -0.39 is 97.5 Å². The van der Waals surface area contributed by atoms with E-state index in [9.17, 15) is 45.6 Å². The lowest BCUT2D eigenvalue weighted by Gasteiger charge is -2.33. The Balaban J connectivity index is 1.18. The van der Waals surface area contributed by atoms with Gasteiger partial charge in [0.2, 0.25) is 21.8 Å². The molecule has 3 aliphatic heterocycles. The second kappa shape index (κ2) is 16.7. The lowest BCUT2D eigenvalue weighted by atomic mass is 9.92. The zero-order valence-electron chi connectivity index (χ0n) is 34.6. The summed E-state index contributed by atoms with van der Waals surface area (Å²) in [4.78, 5) is 77.9. The van der Waals surface area contributed by atoms with E-state index in [2.05, 4.69) is 15.0 Å². The smallest absolute Gasteiger partial charge is 0.419 e. The molecule has 1 aromatic carbocycles. The van der Waals surface area contributed by atoms with E-state index in [0.717, 1.165) is 26.0 Å². The molecule has 2 saturated carbocycles. The van der Waals surface area contributed by atoms with Crippen LogP contribution < -0.4 is 14.8 Å². The van der Waals surface area contributed by atoms with Crippen molar-refractivity contribution >= 4 is 39.6 Å². The fourth-order valence-corrected chi connectivity index (χ4v) is 10.3. The number of carbonyl (C=O) groups is 5. The van der Waals surface area contributed by atoms with Gasteiger partial charge in [-0.05, 0) is 89.6 Å². The largest absolute Gasteiger partial charge is 0.496 e. The van der Waals surface area contributed by atoms with Crippen molar-refractivity contribution in [2.75, 3.05) is 26.7 Å². The minimum atomic E-state index is -4.71. The van der Waals surface area contributed by atoms with Gasteiger partial charge in [-0.25, -0.2) is 13.4 Å². The molecule has 2 aromatic rings.